The largest absolute Gasteiger partial charge is 0.339 e. The molecule has 188 valence electrons. The molecule has 0 saturated heterocycles. The summed E-state index contributed by atoms with van der Waals surface area (Å²) in [6.45, 7) is 6.30. The van der Waals surface area contributed by atoms with E-state index in [4.69, 9.17) is 10.5 Å². The summed E-state index contributed by atoms with van der Waals surface area (Å²) in [4.78, 5) is 1.66. The van der Waals surface area contributed by atoms with Crippen LogP contribution in [0.3, 0.4) is 0 Å². The number of rotatable bonds is 6. The lowest BCUT2D eigenvalue weighted by molar-refractivity contribution is 0.631. The smallest absolute Gasteiger partial charge is 0.132 e. The van der Waals surface area contributed by atoms with Crippen molar-refractivity contribution in [3.63, 3.8) is 0 Å². The zero-order valence-electron chi connectivity index (χ0n) is 21.1. The van der Waals surface area contributed by atoms with Gasteiger partial charge in [-0.05, 0) is 67.8 Å². The molecule has 0 bridgehead atoms. The maximum Gasteiger partial charge on any atom is 0.132 e. The summed E-state index contributed by atoms with van der Waals surface area (Å²) >= 11 is 3.08. The molecule has 5 aromatic rings. The van der Waals surface area contributed by atoms with Gasteiger partial charge in [-0.3, -0.25) is 0 Å². The molecule has 0 aliphatic rings. The molecular formula is C31H23F2N3S2. The lowest BCUT2D eigenvalue weighted by atomic mass is 10.1. The van der Waals surface area contributed by atoms with Crippen LogP contribution in [0.2, 0.25) is 0 Å². The molecule has 3 heterocycles. The van der Waals surface area contributed by atoms with Crippen LogP contribution in [0.25, 0.3) is 53.5 Å². The summed E-state index contributed by atoms with van der Waals surface area (Å²) in [5.41, 5.74) is 5.48. The monoisotopic (exact) mass is 539 g/mol. The standard InChI is InChI=1S/C31H23F2N3S2/c1-4-9-36-26-14-28(22-7-5-20(12-24(22)32)10-18(2)16-34)37-30(26)31-27(36)15-29(38-31)23-8-6-21(13-25(23)33)11-19(3)17-35/h5-8,10-15H,4,9H2,1-3H3/b18-10-,19-11-. The third-order valence-electron chi connectivity index (χ3n) is 6.30. The molecule has 0 N–H and O–H groups in total. The van der Waals surface area contributed by atoms with Crippen molar-refractivity contribution in [2.24, 2.45) is 0 Å². The molecule has 0 spiro atoms. The van der Waals surface area contributed by atoms with Gasteiger partial charge in [0.1, 0.15) is 11.6 Å². The molecule has 5 rings (SSSR count). The van der Waals surface area contributed by atoms with E-state index >= 15 is 8.78 Å². The molecule has 2 aromatic carbocycles. The average molecular weight is 540 g/mol. The van der Waals surface area contributed by atoms with Crippen LogP contribution in [0.15, 0.2) is 59.7 Å². The molecular weight excluding hydrogens is 516 g/mol. The van der Waals surface area contributed by atoms with Gasteiger partial charge >= 0.3 is 0 Å². The number of benzene rings is 2. The second-order valence-corrected chi connectivity index (χ2v) is 11.3. The highest BCUT2D eigenvalue weighted by molar-refractivity contribution is 7.30. The van der Waals surface area contributed by atoms with Crippen molar-refractivity contribution in [2.75, 3.05) is 0 Å². The number of allylic oxidation sites excluding steroid dienone is 2. The first kappa shape index (κ1) is 25.6. The zero-order valence-corrected chi connectivity index (χ0v) is 22.7. The zero-order chi connectivity index (χ0) is 27.0. The van der Waals surface area contributed by atoms with Gasteiger partial charge in [0, 0.05) is 38.6 Å². The molecule has 0 aliphatic carbocycles. The van der Waals surface area contributed by atoms with E-state index in [1.165, 1.54) is 34.8 Å². The van der Waals surface area contributed by atoms with Gasteiger partial charge in [0.2, 0.25) is 0 Å². The molecule has 0 unspecified atom stereocenters. The number of halogens is 2. The minimum Gasteiger partial charge on any atom is -0.339 e. The fraction of sp³-hybridized carbons (Fsp3) is 0.161. The van der Waals surface area contributed by atoms with Gasteiger partial charge in [-0.2, -0.15) is 10.5 Å². The first-order valence-electron chi connectivity index (χ1n) is 12.1. The van der Waals surface area contributed by atoms with E-state index in [1.54, 1.807) is 38.1 Å². The summed E-state index contributed by atoms with van der Waals surface area (Å²) in [5, 5.41) is 18.0. The van der Waals surface area contributed by atoms with Crippen LogP contribution >= 0.6 is 22.7 Å². The maximum absolute atomic E-state index is 15.1. The van der Waals surface area contributed by atoms with Crippen LogP contribution in [0.4, 0.5) is 8.78 Å². The number of aromatic nitrogens is 1. The fourth-order valence-electron chi connectivity index (χ4n) is 4.56. The van der Waals surface area contributed by atoms with Crippen molar-refractivity contribution in [1.29, 1.82) is 10.5 Å². The van der Waals surface area contributed by atoms with Crippen molar-refractivity contribution in [3.8, 4) is 33.0 Å². The Morgan fingerprint density at radius 3 is 1.61 bits per heavy atom. The molecule has 38 heavy (non-hydrogen) atoms. The van der Waals surface area contributed by atoms with Crippen molar-refractivity contribution >= 4 is 55.3 Å². The van der Waals surface area contributed by atoms with E-state index in [-0.39, 0.29) is 11.6 Å². The van der Waals surface area contributed by atoms with Crippen LogP contribution in [-0.4, -0.2) is 4.57 Å². The summed E-state index contributed by atoms with van der Waals surface area (Å²) in [5.74, 6) is -0.664. The SMILES string of the molecule is CCCn1c2cc(-c3ccc(/C=C(/C)C#N)cc3F)sc2c2sc(-c3ccc(/C=C(/C)C#N)cc3F)cc21. The highest BCUT2D eigenvalue weighted by Crippen LogP contribution is 2.46. The number of thiophene rings is 2. The first-order valence-corrected chi connectivity index (χ1v) is 13.8. The summed E-state index contributed by atoms with van der Waals surface area (Å²) in [7, 11) is 0. The van der Waals surface area contributed by atoms with E-state index in [2.05, 4.69) is 23.6 Å². The Morgan fingerprint density at radius 1 is 0.789 bits per heavy atom. The second-order valence-electron chi connectivity index (χ2n) is 9.16. The second kappa shape index (κ2) is 10.4. The van der Waals surface area contributed by atoms with E-state index in [0.717, 1.165) is 43.2 Å². The number of nitriles is 2. The number of hydrogen-bond acceptors (Lipinski definition) is 4. The predicted molar refractivity (Wildman–Crippen MR) is 155 cm³/mol. The Bertz CT molecular complexity index is 1720. The van der Waals surface area contributed by atoms with Gasteiger partial charge in [0.25, 0.3) is 0 Å². The van der Waals surface area contributed by atoms with Gasteiger partial charge in [-0.1, -0.05) is 31.2 Å². The van der Waals surface area contributed by atoms with Crippen LogP contribution in [0.5, 0.6) is 0 Å². The van der Waals surface area contributed by atoms with E-state index in [9.17, 15) is 0 Å². The molecule has 0 radical (unpaired) electrons. The van der Waals surface area contributed by atoms with Crippen LogP contribution in [-0.2, 0) is 6.54 Å². The lowest BCUT2D eigenvalue weighted by Crippen LogP contribution is -1.94. The predicted octanol–water partition coefficient (Wildman–Crippen LogP) is 9.79. The van der Waals surface area contributed by atoms with Crippen molar-refractivity contribution in [3.05, 3.63) is 82.4 Å². The molecule has 0 amide bonds. The molecule has 0 saturated carbocycles. The van der Waals surface area contributed by atoms with E-state index in [0.29, 0.717) is 33.4 Å². The summed E-state index contributed by atoms with van der Waals surface area (Å²) < 4.78 is 34.6. The van der Waals surface area contributed by atoms with Crippen molar-refractivity contribution in [2.45, 2.75) is 33.7 Å². The van der Waals surface area contributed by atoms with E-state index in [1.807, 2.05) is 24.3 Å². The number of fused-ring (bicyclic) bond motifs is 3. The lowest BCUT2D eigenvalue weighted by Gasteiger charge is -2.04. The van der Waals surface area contributed by atoms with Gasteiger partial charge in [-0.25, -0.2) is 8.78 Å². The number of nitrogens with zero attached hydrogens (tertiary/aromatic N) is 3. The van der Waals surface area contributed by atoms with Gasteiger partial charge in [0.15, 0.2) is 0 Å². The number of aryl methyl sites for hydroxylation is 1. The molecule has 3 nitrogen and oxygen atoms in total. The van der Waals surface area contributed by atoms with E-state index < -0.39 is 0 Å². The Balaban J connectivity index is 1.60. The Morgan fingerprint density at radius 2 is 1.24 bits per heavy atom. The van der Waals surface area contributed by atoms with Gasteiger partial charge in [-0.15, -0.1) is 22.7 Å². The topological polar surface area (TPSA) is 52.5 Å². The minimum absolute atomic E-state index is 0.332. The van der Waals surface area contributed by atoms with Crippen molar-refractivity contribution < 1.29 is 8.78 Å². The quantitative estimate of drug-likeness (QED) is 0.202. The highest BCUT2D eigenvalue weighted by atomic mass is 32.1. The average Bonchev–Trinajstić information content (AvgIpc) is 3.57. The fourth-order valence-corrected chi connectivity index (χ4v) is 7.08. The molecule has 0 atom stereocenters. The van der Waals surface area contributed by atoms with Crippen LogP contribution in [0.1, 0.15) is 38.3 Å². The maximum atomic E-state index is 15.1. The molecule has 3 aromatic heterocycles. The third-order valence-corrected chi connectivity index (χ3v) is 8.78. The Hall–Kier alpha value is -4.04. The minimum atomic E-state index is -0.332. The van der Waals surface area contributed by atoms with Crippen molar-refractivity contribution in [1.82, 2.24) is 4.57 Å². The molecule has 0 fully saturated rings. The van der Waals surface area contributed by atoms with Gasteiger partial charge in [0.05, 0.1) is 32.6 Å². The first-order chi connectivity index (χ1) is 18.3. The Labute approximate surface area is 227 Å². The van der Waals surface area contributed by atoms with Crippen LogP contribution in [0, 0.1) is 34.3 Å². The Kier molecular flexibility index (Phi) is 6.99. The normalized spacial score (nSPS) is 12.3. The molecule has 0 aliphatic heterocycles. The molecule has 7 heteroatoms. The van der Waals surface area contributed by atoms with Gasteiger partial charge < -0.3 is 4.57 Å². The number of hydrogen-bond donors (Lipinski definition) is 0. The highest BCUT2D eigenvalue weighted by Gasteiger charge is 2.20. The third kappa shape index (κ3) is 4.67. The summed E-state index contributed by atoms with van der Waals surface area (Å²) in [6.07, 6.45) is 4.25. The summed E-state index contributed by atoms with van der Waals surface area (Å²) in [6, 6.07) is 18.3. The van der Waals surface area contributed by atoms with Crippen LogP contribution < -0.4 is 0 Å².